The lowest BCUT2D eigenvalue weighted by atomic mass is 10.2. The minimum Gasteiger partial charge on any atom is -0.492 e. The van der Waals surface area contributed by atoms with Crippen LogP contribution < -0.4 is 4.74 Å². The fraction of sp³-hybridized carbons (Fsp3) is 0.462. The summed E-state index contributed by atoms with van der Waals surface area (Å²) in [5.74, 6) is -0.178. The summed E-state index contributed by atoms with van der Waals surface area (Å²) in [7, 11) is 0. The summed E-state index contributed by atoms with van der Waals surface area (Å²) in [6.45, 7) is 3.94. The van der Waals surface area contributed by atoms with Gasteiger partial charge in [-0.25, -0.2) is 4.79 Å². The van der Waals surface area contributed by atoms with Crippen LogP contribution in [-0.4, -0.2) is 42.2 Å². The van der Waals surface area contributed by atoms with Crippen molar-refractivity contribution in [2.45, 2.75) is 12.8 Å². The zero-order valence-corrected chi connectivity index (χ0v) is 11.0. The molecule has 0 bridgehead atoms. The van der Waals surface area contributed by atoms with Gasteiger partial charge in [0.15, 0.2) is 0 Å². The van der Waals surface area contributed by atoms with Crippen molar-refractivity contribution in [1.82, 2.24) is 4.90 Å². The number of likely N-dealkylation sites (tertiary alicyclic amines) is 1. The van der Waals surface area contributed by atoms with Gasteiger partial charge in [-0.05, 0) is 50.2 Å². The smallest absolute Gasteiger partial charge is 0.335 e. The first kappa shape index (κ1) is 14.8. The third-order valence-electron chi connectivity index (χ3n) is 2.98. The summed E-state index contributed by atoms with van der Waals surface area (Å²) in [5.41, 5.74) is 0.289. The summed E-state index contributed by atoms with van der Waals surface area (Å²) in [4.78, 5) is 13.0. The predicted molar refractivity (Wildman–Crippen MR) is 71.8 cm³/mol. The molecule has 0 spiro atoms. The third-order valence-corrected chi connectivity index (χ3v) is 2.98. The van der Waals surface area contributed by atoms with Crippen molar-refractivity contribution in [2.75, 3.05) is 26.2 Å². The second kappa shape index (κ2) is 7.24. The number of carboxylic acid groups (broad SMARTS) is 1. The zero-order valence-electron chi connectivity index (χ0n) is 10.2. The van der Waals surface area contributed by atoms with Gasteiger partial charge in [0.05, 0.1) is 5.56 Å². The molecule has 1 aromatic rings. The summed E-state index contributed by atoms with van der Waals surface area (Å²) >= 11 is 0. The highest BCUT2D eigenvalue weighted by Crippen LogP contribution is 2.13. The Balaban J connectivity index is 0.00000162. The fourth-order valence-corrected chi connectivity index (χ4v) is 1.99. The molecule has 0 radical (unpaired) electrons. The van der Waals surface area contributed by atoms with Crippen molar-refractivity contribution in [2.24, 2.45) is 0 Å². The number of hydrogen-bond donors (Lipinski definition) is 1. The highest BCUT2D eigenvalue weighted by Gasteiger charge is 2.10. The second-order valence-corrected chi connectivity index (χ2v) is 4.23. The minimum atomic E-state index is -0.909. The number of carbonyl (C=O) groups is 1. The molecule has 0 aliphatic carbocycles. The van der Waals surface area contributed by atoms with Gasteiger partial charge in [0.1, 0.15) is 12.4 Å². The Kier molecular flexibility index (Phi) is 5.95. The van der Waals surface area contributed by atoms with Crippen molar-refractivity contribution in [3.63, 3.8) is 0 Å². The van der Waals surface area contributed by atoms with E-state index in [1.165, 1.54) is 25.9 Å². The third kappa shape index (κ3) is 4.20. The second-order valence-electron chi connectivity index (χ2n) is 4.23. The molecule has 1 N–H and O–H groups in total. The van der Waals surface area contributed by atoms with Crippen molar-refractivity contribution in [3.05, 3.63) is 29.8 Å². The molecule has 0 saturated carbocycles. The monoisotopic (exact) mass is 271 g/mol. The van der Waals surface area contributed by atoms with Crippen LogP contribution >= 0.6 is 12.4 Å². The largest absolute Gasteiger partial charge is 0.492 e. The summed E-state index contributed by atoms with van der Waals surface area (Å²) in [5, 5.41) is 8.75. The van der Waals surface area contributed by atoms with E-state index in [2.05, 4.69) is 4.90 Å². The molecule has 1 heterocycles. The summed E-state index contributed by atoms with van der Waals surface area (Å²) in [6, 6.07) is 6.53. The quantitative estimate of drug-likeness (QED) is 0.893. The molecule has 0 amide bonds. The van der Waals surface area contributed by atoms with Crippen molar-refractivity contribution < 1.29 is 14.6 Å². The molecule has 1 fully saturated rings. The number of rotatable bonds is 5. The maximum atomic E-state index is 10.7. The van der Waals surface area contributed by atoms with Crippen LogP contribution in [0.2, 0.25) is 0 Å². The van der Waals surface area contributed by atoms with Gasteiger partial charge in [-0.1, -0.05) is 0 Å². The number of aromatic carboxylic acids is 1. The van der Waals surface area contributed by atoms with E-state index in [1.807, 2.05) is 0 Å². The van der Waals surface area contributed by atoms with Crippen molar-refractivity contribution in [1.29, 1.82) is 0 Å². The molecule has 0 aromatic heterocycles. The van der Waals surface area contributed by atoms with E-state index in [-0.39, 0.29) is 18.0 Å². The number of hydrogen-bond acceptors (Lipinski definition) is 3. The lowest BCUT2D eigenvalue weighted by Gasteiger charge is -2.14. The SMILES string of the molecule is Cl.O=C(O)c1ccc(OCCN2CCCC2)cc1. The maximum Gasteiger partial charge on any atom is 0.335 e. The fourth-order valence-electron chi connectivity index (χ4n) is 1.99. The van der Waals surface area contributed by atoms with Crippen LogP contribution in [0.25, 0.3) is 0 Å². The minimum absolute atomic E-state index is 0. The standard InChI is InChI=1S/C13H17NO3.ClH/c15-13(16)11-3-5-12(6-4-11)17-10-9-14-7-1-2-8-14;/h3-6H,1-2,7-10H2,(H,15,16);1H. The Labute approximate surface area is 113 Å². The first-order valence-corrected chi connectivity index (χ1v) is 5.94. The molecule has 2 rings (SSSR count). The average Bonchev–Trinajstić information content (AvgIpc) is 2.83. The molecular formula is C13H18ClNO3. The average molecular weight is 272 g/mol. The highest BCUT2D eigenvalue weighted by atomic mass is 35.5. The summed E-state index contributed by atoms with van der Waals surface area (Å²) < 4.78 is 5.57. The van der Waals surface area contributed by atoms with Gasteiger partial charge in [-0.15, -0.1) is 12.4 Å². The van der Waals surface area contributed by atoms with Crippen LogP contribution in [-0.2, 0) is 0 Å². The topological polar surface area (TPSA) is 49.8 Å². The molecular weight excluding hydrogens is 254 g/mol. The number of benzene rings is 1. The number of nitrogens with zero attached hydrogens (tertiary/aromatic N) is 1. The molecule has 100 valence electrons. The molecule has 0 atom stereocenters. The van der Waals surface area contributed by atoms with Crippen LogP contribution in [0.4, 0.5) is 0 Å². The van der Waals surface area contributed by atoms with Crippen LogP contribution in [0.3, 0.4) is 0 Å². The van der Waals surface area contributed by atoms with E-state index in [9.17, 15) is 4.79 Å². The van der Waals surface area contributed by atoms with Gasteiger partial charge in [-0.3, -0.25) is 4.90 Å². The summed E-state index contributed by atoms with van der Waals surface area (Å²) in [6.07, 6.45) is 2.57. The number of ether oxygens (including phenoxy) is 1. The number of carboxylic acids is 1. The van der Waals surface area contributed by atoms with Gasteiger partial charge < -0.3 is 9.84 Å². The van der Waals surface area contributed by atoms with Gasteiger partial charge in [-0.2, -0.15) is 0 Å². The Morgan fingerprint density at radius 2 is 1.83 bits per heavy atom. The van der Waals surface area contributed by atoms with E-state index in [0.29, 0.717) is 6.61 Å². The van der Waals surface area contributed by atoms with E-state index >= 15 is 0 Å². The molecule has 1 aromatic carbocycles. The van der Waals surface area contributed by atoms with Gasteiger partial charge in [0.2, 0.25) is 0 Å². The lowest BCUT2D eigenvalue weighted by Crippen LogP contribution is -2.25. The van der Waals surface area contributed by atoms with Gasteiger partial charge >= 0.3 is 5.97 Å². The van der Waals surface area contributed by atoms with Crippen LogP contribution in [0.15, 0.2) is 24.3 Å². The van der Waals surface area contributed by atoms with Gasteiger partial charge in [0.25, 0.3) is 0 Å². The van der Waals surface area contributed by atoms with Crippen molar-refractivity contribution in [3.8, 4) is 5.75 Å². The molecule has 18 heavy (non-hydrogen) atoms. The first-order valence-electron chi connectivity index (χ1n) is 5.94. The first-order chi connectivity index (χ1) is 8.25. The van der Waals surface area contributed by atoms with Crippen LogP contribution in [0, 0.1) is 0 Å². The highest BCUT2D eigenvalue weighted by molar-refractivity contribution is 5.87. The van der Waals surface area contributed by atoms with E-state index in [1.54, 1.807) is 24.3 Å². The van der Waals surface area contributed by atoms with Crippen LogP contribution in [0.5, 0.6) is 5.75 Å². The van der Waals surface area contributed by atoms with E-state index in [4.69, 9.17) is 9.84 Å². The Morgan fingerprint density at radius 1 is 1.22 bits per heavy atom. The molecule has 0 unspecified atom stereocenters. The number of halogens is 1. The van der Waals surface area contributed by atoms with E-state index < -0.39 is 5.97 Å². The Hall–Kier alpha value is -1.26. The Morgan fingerprint density at radius 3 is 2.39 bits per heavy atom. The molecule has 1 aliphatic heterocycles. The molecule has 4 nitrogen and oxygen atoms in total. The van der Waals surface area contributed by atoms with Gasteiger partial charge in [0, 0.05) is 6.54 Å². The lowest BCUT2D eigenvalue weighted by molar-refractivity contribution is 0.0697. The Bertz CT molecular complexity index is 374. The molecule has 1 aliphatic rings. The van der Waals surface area contributed by atoms with E-state index in [0.717, 1.165) is 12.3 Å². The normalized spacial score (nSPS) is 15.1. The zero-order chi connectivity index (χ0) is 12.1. The molecule has 5 heteroatoms. The predicted octanol–water partition coefficient (Wildman–Crippen LogP) is 2.28. The molecule has 1 saturated heterocycles. The van der Waals surface area contributed by atoms with Crippen LogP contribution in [0.1, 0.15) is 23.2 Å². The van der Waals surface area contributed by atoms with Crippen molar-refractivity contribution >= 4 is 18.4 Å². The maximum absolute atomic E-state index is 10.7.